The van der Waals surface area contributed by atoms with E-state index in [4.69, 9.17) is 9.84 Å². The zero-order valence-electron chi connectivity index (χ0n) is 12.7. The van der Waals surface area contributed by atoms with E-state index in [1.807, 2.05) is 6.07 Å². The van der Waals surface area contributed by atoms with Gasteiger partial charge >= 0.3 is 5.97 Å². The number of thiophene rings is 1. The molecule has 0 spiro atoms. The molecule has 1 aliphatic heterocycles. The lowest BCUT2D eigenvalue weighted by Crippen LogP contribution is -2.11. The molecular weight excluding hydrogens is 314 g/mol. The van der Waals surface area contributed by atoms with Gasteiger partial charge in [0, 0.05) is 17.0 Å². The lowest BCUT2D eigenvalue weighted by atomic mass is 10.0. The zero-order chi connectivity index (χ0) is 16.4. The molecule has 2 N–H and O–H groups in total. The Kier molecular flexibility index (Phi) is 4.45. The lowest BCUT2D eigenvalue weighted by Gasteiger charge is -2.10. The Morgan fingerprint density at radius 1 is 1.30 bits per heavy atom. The topological polar surface area (TPSA) is 75.6 Å². The Morgan fingerprint density at radius 2 is 2.04 bits per heavy atom. The van der Waals surface area contributed by atoms with E-state index in [2.05, 4.69) is 5.32 Å². The number of carbonyl (C=O) groups is 2. The number of carbonyl (C=O) groups excluding carboxylic acids is 1. The highest BCUT2D eigenvalue weighted by molar-refractivity contribution is 7.14. The molecule has 1 aliphatic rings. The number of hydrogen-bond acceptors (Lipinski definition) is 4. The second-order valence-corrected chi connectivity index (χ2v) is 6.63. The van der Waals surface area contributed by atoms with E-state index < -0.39 is 11.9 Å². The fraction of sp³-hybridized carbons (Fsp3) is 0.294. The van der Waals surface area contributed by atoms with Gasteiger partial charge in [0.05, 0.1) is 24.0 Å². The van der Waals surface area contributed by atoms with Crippen LogP contribution in [0.2, 0.25) is 0 Å². The molecule has 23 heavy (non-hydrogen) atoms. The van der Waals surface area contributed by atoms with Crippen LogP contribution in [-0.2, 0) is 22.6 Å². The summed E-state index contributed by atoms with van der Waals surface area (Å²) in [5.74, 6) is -1.58. The van der Waals surface area contributed by atoms with Crippen LogP contribution in [-0.4, -0.2) is 23.6 Å². The number of carboxylic acid groups (broad SMARTS) is 1. The number of aliphatic carboxylic acids is 1. The number of rotatable bonds is 4. The second kappa shape index (κ2) is 6.52. The van der Waals surface area contributed by atoms with Crippen molar-refractivity contribution >= 4 is 28.9 Å². The molecular formula is C17H17NO4S. The third kappa shape index (κ3) is 3.43. The molecule has 1 unspecified atom stereocenters. The first-order valence-electron chi connectivity index (χ1n) is 7.38. The van der Waals surface area contributed by atoms with Crippen molar-refractivity contribution in [3.8, 4) is 0 Å². The number of amides is 1. The summed E-state index contributed by atoms with van der Waals surface area (Å²) >= 11 is 1.50. The van der Waals surface area contributed by atoms with Crippen molar-refractivity contribution in [2.45, 2.75) is 25.9 Å². The Balaban J connectivity index is 1.70. The van der Waals surface area contributed by atoms with Gasteiger partial charge in [0.2, 0.25) is 0 Å². The molecule has 0 fully saturated rings. The van der Waals surface area contributed by atoms with Gasteiger partial charge < -0.3 is 15.2 Å². The first kappa shape index (κ1) is 15.7. The molecule has 1 atom stereocenters. The van der Waals surface area contributed by atoms with Gasteiger partial charge in [0.15, 0.2) is 0 Å². The second-order valence-electron chi connectivity index (χ2n) is 5.50. The Bertz CT molecular complexity index is 712. The van der Waals surface area contributed by atoms with Gasteiger partial charge in [-0.05, 0) is 36.2 Å². The van der Waals surface area contributed by atoms with E-state index in [1.54, 1.807) is 31.2 Å². The minimum Gasteiger partial charge on any atom is -0.481 e. The summed E-state index contributed by atoms with van der Waals surface area (Å²) in [6.07, 6.45) is 0.856. The van der Waals surface area contributed by atoms with Crippen LogP contribution < -0.4 is 5.32 Å². The van der Waals surface area contributed by atoms with E-state index in [-0.39, 0.29) is 5.91 Å². The largest absolute Gasteiger partial charge is 0.481 e. The molecule has 0 radical (unpaired) electrons. The third-order valence-electron chi connectivity index (χ3n) is 3.89. The normalized spacial score (nSPS) is 14.8. The molecule has 2 aromatic rings. The highest BCUT2D eigenvalue weighted by atomic mass is 32.1. The van der Waals surface area contributed by atoms with Crippen LogP contribution in [0.15, 0.2) is 30.3 Å². The fourth-order valence-corrected chi connectivity index (χ4v) is 3.49. The highest BCUT2D eigenvalue weighted by Gasteiger charge is 2.18. The van der Waals surface area contributed by atoms with Crippen molar-refractivity contribution in [1.29, 1.82) is 0 Å². The predicted octanol–water partition coefficient (Wildman–Crippen LogP) is 3.26. The molecule has 120 valence electrons. The smallest absolute Gasteiger partial charge is 0.310 e. The molecule has 0 bridgehead atoms. The number of ether oxygens (including phenoxy) is 1. The van der Waals surface area contributed by atoms with Gasteiger partial charge in [-0.2, -0.15) is 0 Å². The number of carboxylic acids is 1. The first-order chi connectivity index (χ1) is 11.0. The quantitative estimate of drug-likeness (QED) is 0.901. The van der Waals surface area contributed by atoms with Crippen molar-refractivity contribution in [1.82, 2.24) is 0 Å². The average molecular weight is 331 g/mol. The minimum atomic E-state index is -0.867. The number of hydrogen-bond donors (Lipinski definition) is 2. The molecule has 1 aromatic heterocycles. The van der Waals surface area contributed by atoms with Crippen LogP contribution in [0.5, 0.6) is 0 Å². The van der Waals surface area contributed by atoms with Crippen LogP contribution in [0.25, 0.3) is 0 Å². The summed E-state index contributed by atoms with van der Waals surface area (Å²) in [4.78, 5) is 25.2. The van der Waals surface area contributed by atoms with Gasteiger partial charge in [-0.25, -0.2) is 0 Å². The number of anilines is 1. The summed E-state index contributed by atoms with van der Waals surface area (Å²) in [5.41, 5.74) is 2.45. The molecule has 6 heteroatoms. The van der Waals surface area contributed by atoms with Crippen molar-refractivity contribution in [2.75, 3.05) is 11.9 Å². The fourth-order valence-electron chi connectivity index (χ4n) is 2.45. The van der Waals surface area contributed by atoms with Crippen LogP contribution >= 0.6 is 11.3 Å². The molecule has 2 heterocycles. The van der Waals surface area contributed by atoms with E-state index in [9.17, 15) is 9.59 Å². The highest BCUT2D eigenvalue weighted by Crippen LogP contribution is 2.27. The van der Waals surface area contributed by atoms with Gasteiger partial charge in [0.1, 0.15) is 0 Å². The molecule has 0 saturated carbocycles. The molecule has 1 amide bonds. The zero-order valence-corrected chi connectivity index (χ0v) is 13.5. The van der Waals surface area contributed by atoms with E-state index in [0.29, 0.717) is 29.3 Å². The number of nitrogens with one attached hydrogen (secondary N) is 1. The number of benzene rings is 1. The first-order valence-corrected chi connectivity index (χ1v) is 8.19. The van der Waals surface area contributed by atoms with Gasteiger partial charge in [-0.1, -0.05) is 12.1 Å². The Labute approximate surface area is 137 Å². The van der Waals surface area contributed by atoms with E-state index >= 15 is 0 Å². The average Bonchev–Trinajstić information content (AvgIpc) is 2.99. The van der Waals surface area contributed by atoms with Crippen molar-refractivity contribution in [3.63, 3.8) is 0 Å². The van der Waals surface area contributed by atoms with E-state index in [0.717, 1.165) is 12.0 Å². The van der Waals surface area contributed by atoms with Crippen LogP contribution in [0.4, 0.5) is 5.69 Å². The summed E-state index contributed by atoms with van der Waals surface area (Å²) in [5, 5.41) is 11.8. The predicted molar refractivity (Wildman–Crippen MR) is 88.1 cm³/mol. The summed E-state index contributed by atoms with van der Waals surface area (Å²) in [6, 6.07) is 8.78. The van der Waals surface area contributed by atoms with Crippen molar-refractivity contribution in [3.05, 3.63) is 51.2 Å². The molecule has 1 aromatic carbocycles. The van der Waals surface area contributed by atoms with Crippen LogP contribution in [0.1, 0.15) is 38.5 Å². The maximum absolute atomic E-state index is 12.3. The summed E-state index contributed by atoms with van der Waals surface area (Å²) in [7, 11) is 0. The number of fused-ring (bicyclic) bond motifs is 1. The molecule has 0 saturated heterocycles. The van der Waals surface area contributed by atoms with Gasteiger partial charge in [-0.3, -0.25) is 9.59 Å². The van der Waals surface area contributed by atoms with Crippen LogP contribution in [0.3, 0.4) is 0 Å². The van der Waals surface area contributed by atoms with Gasteiger partial charge in [0.25, 0.3) is 5.91 Å². The monoisotopic (exact) mass is 331 g/mol. The minimum absolute atomic E-state index is 0.150. The van der Waals surface area contributed by atoms with Crippen molar-refractivity contribution in [2.24, 2.45) is 0 Å². The van der Waals surface area contributed by atoms with Crippen molar-refractivity contribution < 1.29 is 19.4 Å². The van der Waals surface area contributed by atoms with E-state index in [1.165, 1.54) is 16.2 Å². The maximum Gasteiger partial charge on any atom is 0.310 e. The summed E-state index contributed by atoms with van der Waals surface area (Å²) < 4.78 is 5.39. The Morgan fingerprint density at radius 3 is 2.70 bits per heavy atom. The SMILES string of the molecule is CC(C(=O)O)c1ccc(NC(=O)c2cc3c(s2)CCOC3)cc1. The lowest BCUT2D eigenvalue weighted by molar-refractivity contribution is -0.138. The Hall–Kier alpha value is -2.18. The maximum atomic E-state index is 12.3. The molecule has 3 rings (SSSR count). The summed E-state index contributed by atoms with van der Waals surface area (Å²) in [6.45, 7) is 2.91. The third-order valence-corrected chi connectivity index (χ3v) is 5.13. The van der Waals surface area contributed by atoms with Gasteiger partial charge in [-0.15, -0.1) is 11.3 Å². The molecule has 5 nitrogen and oxygen atoms in total. The molecule has 0 aliphatic carbocycles. The van der Waals surface area contributed by atoms with Crippen LogP contribution in [0, 0.1) is 0 Å². The standard InChI is InChI=1S/C17H17NO4S/c1-10(17(20)21)11-2-4-13(5-3-11)18-16(19)15-8-12-9-22-7-6-14(12)23-15/h2-5,8,10H,6-7,9H2,1H3,(H,18,19)(H,20,21).